The zero-order valence-electron chi connectivity index (χ0n) is 9.74. The van der Waals surface area contributed by atoms with Crippen LogP contribution in [-0.4, -0.2) is 16.5 Å². The summed E-state index contributed by atoms with van der Waals surface area (Å²) in [5.41, 5.74) is 1.62. The molecule has 5 heteroatoms. The van der Waals surface area contributed by atoms with Crippen LogP contribution in [0.15, 0.2) is 36.9 Å². The predicted octanol–water partition coefficient (Wildman–Crippen LogP) is 2.09. The van der Waals surface area contributed by atoms with Gasteiger partial charge < -0.3 is 5.32 Å². The van der Waals surface area contributed by atoms with Crippen LogP contribution in [0.1, 0.15) is 11.1 Å². The molecule has 1 N–H and O–H groups in total. The lowest BCUT2D eigenvalue weighted by atomic mass is 10.1. The summed E-state index contributed by atoms with van der Waals surface area (Å²) in [6.07, 6.45) is 5.49. The lowest BCUT2D eigenvalue weighted by molar-refractivity contribution is 0.577. The van der Waals surface area contributed by atoms with E-state index in [0.717, 1.165) is 11.6 Å². The molecule has 0 bridgehead atoms. The van der Waals surface area contributed by atoms with E-state index < -0.39 is 11.6 Å². The molecule has 0 aliphatic heterocycles. The summed E-state index contributed by atoms with van der Waals surface area (Å²) in [6.45, 7) is 1.27. The van der Waals surface area contributed by atoms with E-state index in [1.165, 1.54) is 18.5 Å². The first-order valence-corrected chi connectivity index (χ1v) is 5.63. The summed E-state index contributed by atoms with van der Waals surface area (Å²) in [6, 6.07) is 3.56. The molecule has 0 unspecified atom stereocenters. The second-order valence-electron chi connectivity index (χ2n) is 3.95. The van der Waals surface area contributed by atoms with Gasteiger partial charge in [-0.1, -0.05) is 0 Å². The third-order valence-electron chi connectivity index (χ3n) is 2.46. The lowest BCUT2D eigenvalue weighted by Gasteiger charge is -2.05. The molecule has 0 fully saturated rings. The quantitative estimate of drug-likeness (QED) is 0.824. The molecule has 0 aliphatic carbocycles. The van der Waals surface area contributed by atoms with Crippen LogP contribution >= 0.6 is 0 Å². The second-order valence-corrected chi connectivity index (χ2v) is 3.95. The van der Waals surface area contributed by atoms with Crippen molar-refractivity contribution in [3.8, 4) is 0 Å². The number of halogens is 2. The number of hydrogen-bond donors (Lipinski definition) is 1. The maximum atomic E-state index is 12.9. The minimum absolute atomic E-state index is 0.540. The van der Waals surface area contributed by atoms with Gasteiger partial charge in [-0.15, -0.1) is 0 Å². The summed E-state index contributed by atoms with van der Waals surface area (Å²) in [5, 5.41) is 3.16. The molecular formula is C13H13F2N3. The van der Waals surface area contributed by atoms with Gasteiger partial charge >= 0.3 is 0 Å². The average molecular weight is 249 g/mol. The fourth-order valence-electron chi connectivity index (χ4n) is 1.64. The van der Waals surface area contributed by atoms with E-state index in [1.807, 2.05) is 0 Å². The molecule has 2 aromatic rings. The molecule has 0 saturated heterocycles. The third kappa shape index (κ3) is 3.85. The molecule has 0 aliphatic rings. The first-order chi connectivity index (χ1) is 8.74. The van der Waals surface area contributed by atoms with Crippen molar-refractivity contribution in [1.82, 2.24) is 15.3 Å². The van der Waals surface area contributed by atoms with E-state index in [1.54, 1.807) is 12.4 Å². The highest BCUT2D eigenvalue weighted by Gasteiger charge is 2.00. The van der Waals surface area contributed by atoms with Gasteiger partial charge in [-0.2, -0.15) is 0 Å². The first kappa shape index (κ1) is 12.6. The number of nitrogens with one attached hydrogen (secondary N) is 1. The zero-order chi connectivity index (χ0) is 12.8. The SMILES string of the molecule is Fc1cc(F)cc(CCNCc2cncnc2)c1. The van der Waals surface area contributed by atoms with Crippen LogP contribution in [0.5, 0.6) is 0 Å². The highest BCUT2D eigenvalue weighted by Crippen LogP contribution is 2.08. The van der Waals surface area contributed by atoms with Crippen LogP contribution in [0.4, 0.5) is 8.78 Å². The molecule has 1 heterocycles. The summed E-state index contributed by atoms with van der Waals surface area (Å²) < 4.78 is 25.9. The second kappa shape index (κ2) is 6.16. The molecule has 0 amide bonds. The van der Waals surface area contributed by atoms with Crippen molar-refractivity contribution in [3.05, 3.63) is 59.7 Å². The van der Waals surface area contributed by atoms with Crippen molar-refractivity contribution >= 4 is 0 Å². The van der Waals surface area contributed by atoms with Gasteiger partial charge in [0.25, 0.3) is 0 Å². The number of nitrogens with zero attached hydrogens (tertiary/aromatic N) is 2. The van der Waals surface area contributed by atoms with E-state index in [0.29, 0.717) is 25.1 Å². The number of hydrogen-bond acceptors (Lipinski definition) is 3. The maximum Gasteiger partial charge on any atom is 0.126 e. The number of benzene rings is 1. The van der Waals surface area contributed by atoms with Gasteiger partial charge in [0.1, 0.15) is 18.0 Å². The molecule has 1 aromatic heterocycles. The Hall–Kier alpha value is -1.88. The lowest BCUT2D eigenvalue weighted by Crippen LogP contribution is -2.17. The minimum Gasteiger partial charge on any atom is -0.312 e. The molecule has 0 atom stereocenters. The van der Waals surface area contributed by atoms with Crippen LogP contribution in [0.25, 0.3) is 0 Å². The van der Waals surface area contributed by atoms with Gasteiger partial charge in [-0.05, 0) is 30.7 Å². The molecule has 0 spiro atoms. The fraction of sp³-hybridized carbons (Fsp3) is 0.231. The van der Waals surface area contributed by atoms with Crippen molar-refractivity contribution in [3.63, 3.8) is 0 Å². The number of rotatable bonds is 5. The zero-order valence-corrected chi connectivity index (χ0v) is 9.74. The van der Waals surface area contributed by atoms with Crippen LogP contribution in [0.2, 0.25) is 0 Å². The van der Waals surface area contributed by atoms with Crippen LogP contribution < -0.4 is 5.32 Å². The van der Waals surface area contributed by atoms with Crippen molar-refractivity contribution in [2.75, 3.05) is 6.54 Å². The Morgan fingerprint density at radius 3 is 2.28 bits per heavy atom. The third-order valence-corrected chi connectivity index (χ3v) is 2.46. The maximum absolute atomic E-state index is 12.9. The van der Waals surface area contributed by atoms with E-state index in [4.69, 9.17) is 0 Å². The Labute approximate surface area is 104 Å². The van der Waals surface area contributed by atoms with Gasteiger partial charge in [-0.25, -0.2) is 18.7 Å². The van der Waals surface area contributed by atoms with Crippen LogP contribution in [0, 0.1) is 11.6 Å². The van der Waals surface area contributed by atoms with Crippen LogP contribution in [0.3, 0.4) is 0 Å². The Morgan fingerprint density at radius 2 is 1.61 bits per heavy atom. The summed E-state index contributed by atoms with van der Waals surface area (Å²) in [7, 11) is 0. The predicted molar refractivity (Wildman–Crippen MR) is 63.8 cm³/mol. The van der Waals surface area contributed by atoms with Gasteiger partial charge in [-0.3, -0.25) is 0 Å². The normalized spacial score (nSPS) is 10.6. The Balaban J connectivity index is 1.78. The number of aromatic nitrogens is 2. The molecule has 0 radical (unpaired) electrons. The van der Waals surface area contributed by atoms with Crippen molar-refractivity contribution in [2.45, 2.75) is 13.0 Å². The summed E-state index contributed by atoms with van der Waals surface area (Å²) in [4.78, 5) is 7.79. The van der Waals surface area contributed by atoms with E-state index in [2.05, 4.69) is 15.3 Å². The molecule has 18 heavy (non-hydrogen) atoms. The Morgan fingerprint density at radius 1 is 0.944 bits per heavy atom. The highest BCUT2D eigenvalue weighted by atomic mass is 19.1. The largest absolute Gasteiger partial charge is 0.312 e. The van der Waals surface area contributed by atoms with Gasteiger partial charge in [0.2, 0.25) is 0 Å². The van der Waals surface area contributed by atoms with E-state index in [9.17, 15) is 8.78 Å². The molecule has 94 valence electrons. The van der Waals surface area contributed by atoms with E-state index >= 15 is 0 Å². The monoisotopic (exact) mass is 249 g/mol. The molecule has 1 aromatic carbocycles. The van der Waals surface area contributed by atoms with Crippen molar-refractivity contribution < 1.29 is 8.78 Å². The molecule has 0 saturated carbocycles. The summed E-state index contributed by atoms with van der Waals surface area (Å²) in [5.74, 6) is -1.08. The van der Waals surface area contributed by atoms with Crippen LogP contribution in [-0.2, 0) is 13.0 Å². The van der Waals surface area contributed by atoms with Gasteiger partial charge in [0.05, 0.1) is 0 Å². The highest BCUT2D eigenvalue weighted by molar-refractivity contribution is 5.18. The topological polar surface area (TPSA) is 37.8 Å². The molecule has 3 nitrogen and oxygen atoms in total. The molecule has 2 rings (SSSR count). The van der Waals surface area contributed by atoms with Gasteiger partial charge in [0, 0.05) is 30.6 Å². The average Bonchev–Trinajstić information content (AvgIpc) is 2.35. The summed E-state index contributed by atoms with van der Waals surface area (Å²) >= 11 is 0. The molecular weight excluding hydrogens is 236 g/mol. The van der Waals surface area contributed by atoms with E-state index in [-0.39, 0.29) is 0 Å². The minimum atomic E-state index is -0.540. The standard InChI is InChI=1S/C13H13F2N3/c14-12-3-10(4-13(15)5-12)1-2-16-6-11-7-17-9-18-8-11/h3-5,7-9,16H,1-2,6H2. The van der Waals surface area contributed by atoms with Crippen molar-refractivity contribution in [2.24, 2.45) is 0 Å². The fourth-order valence-corrected chi connectivity index (χ4v) is 1.64. The van der Waals surface area contributed by atoms with Gasteiger partial charge in [0.15, 0.2) is 0 Å². The Kier molecular flexibility index (Phi) is 4.30. The smallest absolute Gasteiger partial charge is 0.126 e. The first-order valence-electron chi connectivity index (χ1n) is 5.63. The van der Waals surface area contributed by atoms with Crippen molar-refractivity contribution in [1.29, 1.82) is 0 Å². The Bertz CT molecular complexity index is 483.